The standard InChI is InChI=1S/C59H35N3/c1-61-49-12-7-11-46(34-49)40-21-25-42(26-22-40)48-32-30-44-28-27-43-29-31-47(41-23-19-39(20-24-41)45-10-6-9-38(33-45)37-60)35-54(43)59(55(44)36-48)52-15-3-5-18-57(52)62-56-17-4-2-13-50(56)51-14-8-16-53(59)58(51)62/h2-36H. The van der Waals surface area contributed by atoms with Gasteiger partial charge in [0.2, 0.25) is 0 Å². The minimum Gasteiger partial charge on any atom is -0.309 e. The van der Waals surface area contributed by atoms with Gasteiger partial charge in [0, 0.05) is 10.8 Å². The largest absolute Gasteiger partial charge is 0.309 e. The molecule has 62 heavy (non-hydrogen) atoms. The SMILES string of the molecule is [C-]#[N+]c1cccc(-c2ccc(-c3ccc4c(c3)C3(c5cc(-c6ccc(-c7cccc(C#N)c7)cc6)ccc5C=C4)c4ccccc4-n4c5ccccc5c5cccc3c54)cc2)c1. The van der Waals surface area contributed by atoms with Crippen molar-refractivity contribution in [3.8, 4) is 56.3 Å². The topological polar surface area (TPSA) is 33.1 Å². The van der Waals surface area contributed by atoms with E-state index in [4.69, 9.17) is 6.57 Å². The fourth-order valence-electron chi connectivity index (χ4n) is 10.3. The molecule has 1 unspecified atom stereocenters. The number of aromatic nitrogens is 1. The first kappa shape index (κ1) is 35.4. The van der Waals surface area contributed by atoms with Crippen LogP contribution in [-0.4, -0.2) is 4.57 Å². The van der Waals surface area contributed by atoms with Crippen molar-refractivity contribution in [2.45, 2.75) is 5.41 Å². The minimum atomic E-state index is -0.696. The molecule has 1 aromatic heterocycles. The third kappa shape index (κ3) is 5.23. The lowest BCUT2D eigenvalue weighted by Crippen LogP contribution is -2.36. The summed E-state index contributed by atoms with van der Waals surface area (Å²) in [6.45, 7) is 7.53. The Labute approximate surface area is 360 Å². The first-order chi connectivity index (χ1) is 30.6. The zero-order valence-corrected chi connectivity index (χ0v) is 33.5. The Morgan fingerprint density at radius 1 is 0.435 bits per heavy atom. The lowest BCUT2D eigenvalue weighted by Gasteiger charge is -2.43. The van der Waals surface area contributed by atoms with Gasteiger partial charge in [-0.1, -0.05) is 170 Å². The number of fused-ring (bicyclic) bond motifs is 11. The van der Waals surface area contributed by atoms with Crippen molar-refractivity contribution in [1.29, 1.82) is 5.26 Å². The maximum atomic E-state index is 9.56. The van der Waals surface area contributed by atoms with Gasteiger partial charge in [-0.25, -0.2) is 4.85 Å². The van der Waals surface area contributed by atoms with E-state index < -0.39 is 5.41 Å². The molecule has 3 nitrogen and oxygen atoms in total. The molecule has 2 aliphatic rings. The maximum Gasteiger partial charge on any atom is 0.187 e. The van der Waals surface area contributed by atoms with Crippen LogP contribution >= 0.6 is 0 Å². The highest BCUT2D eigenvalue weighted by Crippen LogP contribution is 2.57. The average Bonchev–Trinajstić information content (AvgIpc) is 3.62. The summed E-state index contributed by atoms with van der Waals surface area (Å²) >= 11 is 0. The molecule has 12 rings (SSSR count). The molecule has 0 fully saturated rings. The van der Waals surface area contributed by atoms with Gasteiger partial charge in [0.15, 0.2) is 5.69 Å². The molecule has 0 bridgehead atoms. The smallest absolute Gasteiger partial charge is 0.187 e. The number of para-hydroxylation sites is 3. The fourth-order valence-corrected chi connectivity index (χ4v) is 10.3. The van der Waals surface area contributed by atoms with E-state index in [0.29, 0.717) is 11.3 Å². The van der Waals surface area contributed by atoms with E-state index >= 15 is 0 Å². The Morgan fingerprint density at radius 2 is 0.952 bits per heavy atom. The van der Waals surface area contributed by atoms with Crippen LogP contribution in [0.4, 0.5) is 5.69 Å². The molecule has 0 N–H and O–H groups in total. The molecule has 1 atom stereocenters. The van der Waals surface area contributed by atoms with E-state index in [1.54, 1.807) is 0 Å². The first-order valence-electron chi connectivity index (χ1n) is 20.9. The summed E-state index contributed by atoms with van der Waals surface area (Å²) < 4.78 is 2.49. The van der Waals surface area contributed by atoms with Crippen molar-refractivity contribution in [1.82, 2.24) is 4.57 Å². The molecule has 0 saturated heterocycles. The van der Waals surface area contributed by atoms with Crippen molar-refractivity contribution in [3.05, 3.63) is 251 Å². The van der Waals surface area contributed by atoms with E-state index in [1.807, 2.05) is 36.4 Å². The molecule has 1 spiro atoms. The van der Waals surface area contributed by atoms with Crippen molar-refractivity contribution in [2.75, 3.05) is 0 Å². The van der Waals surface area contributed by atoms with Gasteiger partial charge in [-0.2, -0.15) is 5.26 Å². The van der Waals surface area contributed by atoms with Crippen LogP contribution in [0.25, 0.3) is 89.0 Å². The Bertz CT molecular complexity index is 3430. The van der Waals surface area contributed by atoms with Crippen LogP contribution in [0.5, 0.6) is 0 Å². The summed E-state index contributed by atoms with van der Waals surface area (Å²) in [5, 5.41) is 12.0. The van der Waals surface area contributed by atoms with Crippen LogP contribution in [-0.2, 0) is 5.41 Å². The molecule has 1 aliphatic heterocycles. The predicted molar refractivity (Wildman–Crippen MR) is 254 cm³/mol. The third-order valence-corrected chi connectivity index (χ3v) is 13.1. The van der Waals surface area contributed by atoms with E-state index in [2.05, 4.69) is 191 Å². The van der Waals surface area contributed by atoms with E-state index in [0.717, 1.165) is 44.5 Å². The lowest BCUT2D eigenvalue weighted by molar-refractivity contribution is 0.726. The van der Waals surface area contributed by atoms with Crippen LogP contribution < -0.4 is 0 Å². The molecule has 3 heteroatoms. The zero-order valence-electron chi connectivity index (χ0n) is 33.5. The second kappa shape index (κ2) is 13.8. The quantitative estimate of drug-likeness (QED) is 0.164. The normalized spacial score (nSPS) is 14.4. The number of nitriles is 1. The maximum absolute atomic E-state index is 9.56. The Kier molecular flexibility index (Phi) is 7.88. The van der Waals surface area contributed by atoms with E-state index in [1.165, 1.54) is 60.9 Å². The molecule has 9 aromatic carbocycles. The average molecular weight is 786 g/mol. The molecule has 0 amide bonds. The van der Waals surface area contributed by atoms with Gasteiger partial charge in [-0.15, -0.1) is 0 Å². The summed E-state index contributed by atoms with van der Waals surface area (Å²) in [5.41, 5.74) is 20.3. The zero-order chi connectivity index (χ0) is 41.4. The number of hydrogen-bond acceptors (Lipinski definition) is 1. The Balaban J connectivity index is 1.11. The van der Waals surface area contributed by atoms with Gasteiger partial charge < -0.3 is 4.57 Å². The first-order valence-corrected chi connectivity index (χ1v) is 20.9. The number of benzene rings is 9. The summed E-state index contributed by atoms with van der Waals surface area (Å²) in [7, 11) is 0. The predicted octanol–water partition coefficient (Wildman–Crippen LogP) is 15.1. The molecule has 1 aliphatic carbocycles. The minimum absolute atomic E-state index is 0.639. The second-order valence-electron chi connectivity index (χ2n) is 16.3. The second-order valence-corrected chi connectivity index (χ2v) is 16.3. The number of rotatable bonds is 4. The van der Waals surface area contributed by atoms with Gasteiger partial charge in [-0.05, 0) is 120 Å². The molecular weight excluding hydrogens is 751 g/mol. The van der Waals surface area contributed by atoms with Crippen LogP contribution in [0.3, 0.4) is 0 Å². The molecule has 286 valence electrons. The van der Waals surface area contributed by atoms with Crippen LogP contribution in [0.2, 0.25) is 0 Å². The Hall–Kier alpha value is -8.50. The van der Waals surface area contributed by atoms with E-state index in [-0.39, 0.29) is 0 Å². The lowest BCUT2D eigenvalue weighted by atomic mass is 9.61. The van der Waals surface area contributed by atoms with Crippen LogP contribution in [0, 0.1) is 17.9 Å². The molecular formula is C59H35N3. The highest BCUT2D eigenvalue weighted by Gasteiger charge is 2.48. The summed E-state index contributed by atoms with van der Waals surface area (Å²) in [5.74, 6) is 0. The third-order valence-electron chi connectivity index (χ3n) is 13.1. The van der Waals surface area contributed by atoms with Gasteiger partial charge in [0.1, 0.15) is 0 Å². The molecule has 0 saturated carbocycles. The van der Waals surface area contributed by atoms with Crippen molar-refractivity contribution in [2.24, 2.45) is 0 Å². The van der Waals surface area contributed by atoms with Crippen molar-refractivity contribution in [3.63, 3.8) is 0 Å². The fraction of sp³-hybridized carbons (Fsp3) is 0.0169. The van der Waals surface area contributed by atoms with E-state index in [9.17, 15) is 5.26 Å². The van der Waals surface area contributed by atoms with Gasteiger partial charge in [0.05, 0.1) is 40.3 Å². The molecule has 0 radical (unpaired) electrons. The summed E-state index contributed by atoms with van der Waals surface area (Å²) in [4.78, 5) is 3.66. The van der Waals surface area contributed by atoms with Gasteiger partial charge >= 0.3 is 0 Å². The molecule has 10 aromatic rings. The van der Waals surface area contributed by atoms with Crippen LogP contribution in [0.15, 0.2) is 200 Å². The van der Waals surface area contributed by atoms with Crippen molar-refractivity contribution >= 4 is 39.6 Å². The number of hydrogen-bond donors (Lipinski definition) is 0. The summed E-state index contributed by atoms with van der Waals surface area (Å²) in [6.07, 6.45) is 4.60. The Morgan fingerprint density at radius 3 is 1.60 bits per heavy atom. The van der Waals surface area contributed by atoms with Gasteiger partial charge in [0.25, 0.3) is 0 Å². The number of nitrogens with zero attached hydrogens (tertiary/aromatic N) is 3. The summed E-state index contributed by atoms with van der Waals surface area (Å²) in [6, 6.07) is 74.1. The van der Waals surface area contributed by atoms with Crippen molar-refractivity contribution < 1.29 is 0 Å². The monoisotopic (exact) mass is 785 g/mol. The molecule has 2 heterocycles. The van der Waals surface area contributed by atoms with Crippen LogP contribution in [0.1, 0.15) is 38.9 Å². The van der Waals surface area contributed by atoms with Gasteiger partial charge in [-0.3, -0.25) is 0 Å². The highest BCUT2D eigenvalue weighted by atomic mass is 15.0. The highest BCUT2D eigenvalue weighted by molar-refractivity contribution is 6.12.